The molecule has 0 bridgehead atoms. The predicted octanol–water partition coefficient (Wildman–Crippen LogP) is 2.56. The molecule has 4 heteroatoms. The van der Waals surface area contributed by atoms with Crippen LogP contribution in [-0.2, 0) is 0 Å². The first-order valence-electron chi connectivity index (χ1n) is 6.82. The van der Waals surface area contributed by atoms with E-state index in [9.17, 15) is 0 Å². The van der Waals surface area contributed by atoms with Crippen LogP contribution in [0.5, 0.6) is 6.01 Å². The molecule has 1 aliphatic carbocycles. The highest BCUT2D eigenvalue weighted by Gasteiger charge is 2.21. The highest BCUT2D eigenvalue weighted by molar-refractivity contribution is 5.15. The summed E-state index contributed by atoms with van der Waals surface area (Å²) in [7, 11) is 0. The van der Waals surface area contributed by atoms with Crippen molar-refractivity contribution in [3.63, 3.8) is 0 Å². The minimum absolute atomic E-state index is 0.176. The Kier molecular flexibility index (Phi) is 4.17. The molecule has 1 aliphatic rings. The molecule has 1 fully saturated rings. The zero-order valence-corrected chi connectivity index (χ0v) is 11.5. The molecule has 0 radical (unpaired) electrons. The Morgan fingerprint density at radius 3 is 2.78 bits per heavy atom. The monoisotopic (exact) mass is 249 g/mol. The average Bonchev–Trinajstić information content (AvgIpc) is 2.28. The topological polar surface area (TPSA) is 61.0 Å². The van der Waals surface area contributed by atoms with Crippen molar-refractivity contribution < 1.29 is 4.74 Å². The van der Waals surface area contributed by atoms with Crippen molar-refractivity contribution in [3.05, 3.63) is 17.5 Å². The number of nitrogens with two attached hydrogens (primary N) is 1. The van der Waals surface area contributed by atoms with Gasteiger partial charge < -0.3 is 10.5 Å². The molecule has 18 heavy (non-hydrogen) atoms. The first-order valence-corrected chi connectivity index (χ1v) is 6.82. The molecule has 4 nitrogen and oxygen atoms in total. The van der Waals surface area contributed by atoms with Crippen LogP contribution >= 0.6 is 0 Å². The molecule has 0 aliphatic heterocycles. The van der Waals surface area contributed by atoms with E-state index in [1.807, 2.05) is 13.0 Å². The van der Waals surface area contributed by atoms with Gasteiger partial charge in [-0.15, -0.1) is 0 Å². The fourth-order valence-corrected chi connectivity index (χ4v) is 2.35. The summed E-state index contributed by atoms with van der Waals surface area (Å²) >= 11 is 0. The van der Waals surface area contributed by atoms with E-state index in [4.69, 9.17) is 10.5 Å². The molecule has 100 valence electrons. The van der Waals surface area contributed by atoms with Gasteiger partial charge in [0.25, 0.3) is 0 Å². The van der Waals surface area contributed by atoms with Gasteiger partial charge in [0.05, 0.1) is 5.69 Å². The van der Waals surface area contributed by atoms with E-state index >= 15 is 0 Å². The summed E-state index contributed by atoms with van der Waals surface area (Å²) < 4.78 is 5.90. The molecule has 2 atom stereocenters. The zero-order valence-electron chi connectivity index (χ0n) is 11.5. The third-order valence-electron chi connectivity index (χ3n) is 3.38. The molecular weight excluding hydrogens is 226 g/mol. The molecule has 2 N–H and O–H groups in total. The van der Waals surface area contributed by atoms with E-state index in [-0.39, 0.29) is 12.1 Å². The molecular formula is C14H23N3O. The second-order valence-corrected chi connectivity index (χ2v) is 5.54. The summed E-state index contributed by atoms with van der Waals surface area (Å²) in [5.41, 5.74) is 7.97. The van der Waals surface area contributed by atoms with Gasteiger partial charge in [-0.05, 0) is 44.6 Å². The predicted molar refractivity (Wildman–Crippen MR) is 71.7 cm³/mol. The highest BCUT2D eigenvalue weighted by Crippen LogP contribution is 2.22. The third-order valence-corrected chi connectivity index (χ3v) is 3.38. The fourth-order valence-electron chi connectivity index (χ4n) is 2.35. The lowest BCUT2D eigenvalue weighted by Crippen LogP contribution is -2.34. The Morgan fingerprint density at radius 2 is 2.11 bits per heavy atom. The number of hydrogen-bond donors (Lipinski definition) is 1. The van der Waals surface area contributed by atoms with E-state index in [0.29, 0.717) is 11.9 Å². The Bertz CT molecular complexity index is 406. The minimum Gasteiger partial charge on any atom is -0.460 e. The minimum atomic E-state index is 0.176. The van der Waals surface area contributed by atoms with Gasteiger partial charge in [0, 0.05) is 11.7 Å². The van der Waals surface area contributed by atoms with Crippen molar-refractivity contribution in [2.75, 3.05) is 0 Å². The van der Waals surface area contributed by atoms with Crippen LogP contribution in [0.2, 0.25) is 0 Å². The van der Waals surface area contributed by atoms with Gasteiger partial charge in [-0.1, -0.05) is 13.8 Å². The number of hydrogen-bond acceptors (Lipinski definition) is 4. The standard InChI is InChI=1S/C14H23N3O/c1-9(2)13-7-10(3)16-14(17-13)18-12-6-4-5-11(15)8-12/h7,9,11-12H,4-6,8,15H2,1-3H3. The largest absolute Gasteiger partial charge is 0.460 e. The Labute approximate surface area is 109 Å². The molecule has 0 saturated heterocycles. The second kappa shape index (κ2) is 5.65. The average molecular weight is 249 g/mol. The Morgan fingerprint density at radius 1 is 1.33 bits per heavy atom. The summed E-state index contributed by atoms with van der Waals surface area (Å²) in [5, 5.41) is 0. The Hall–Kier alpha value is -1.16. The van der Waals surface area contributed by atoms with Crippen LogP contribution in [-0.4, -0.2) is 22.1 Å². The normalized spacial score (nSPS) is 24.3. The fraction of sp³-hybridized carbons (Fsp3) is 0.714. The first-order chi connectivity index (χ1) is 8.54. The van der Waals surface area contributed by atoms with Crippen molar-refractivity contribution in [2.24, 2.45) is 5.73 Å². The van der Waals surface area contributed by atoms with Crippen molar-refractivity contribution in [3.8, 4) is 6.01 Å². The van der Waals surface area contributed by atoms with Gasteiger partial charge in [-0.2, -0.15) is 4.98 Å². The smallest absolute Gasteiger partial charge is 0.317 e. The molecule has 2 rings (SSSR count). The number of nitrogens with zero attached hydrogens (tertiary/aromatic N) is 2. The lowest BCUT2D eigenvalue weighted by Gasteiger charge is -2.26. The van der Waals surface area contributed by atoms with Gasteiger partial charge in [-0.25, -0.2) is 4.98 Å². The molecule has 2 unspecified atom stereocenters. The van der Waals surface area contributed by atoms with Gasteiger partial charge in [0.15, 0.2) is 0 Å². The van der Waals surface area contributed by atoms with Crippen LogP contribution in [0.4, 0.5) is 0 Å². The van der Waals surface area contributed by atoms with Crippen molar-refractivity contribution in [1.82, 2.24) is 9.97 Å². The summed E-state index contributed by atoms with van der Waals surface area (Å²) in [5.74, 6) is 0.391. The van der Waals surface area contributed by atoms with E-state index in [1.54, 1.807) is 0 Å². The molecule has 0 amide bonds. The maximum Gasteiger partial charge on any atom is 0.317 e. The maximum atomic E-state index is 5.97. The van der Waals surface area contributed by atoms with Crippen molar-refractivity contribution in [2.45, 2.75) is 64.5 Å². The quantitative estimate of drug-likeness (QED) is 0.894. The zero-order chi connectivity index (χ0) is 13.1. The number of aromatic nitrogens is 2. The summed E-state index contributed by atoms with van der Waals surface area (Å²) in [6, 6.07) is 2.79. The van der Waals surface area contributed by atoms with Crippen LogP contribution in [0, 0.1) is 6.92 Å². The van der Waals surface area contributed by atoms with Crippen LogP contribution in [0.1, 0.15) is 56.8 Å². The maximum absolute atomic E-state index is 5.97. The third kappa shape index (κ3) is 3.42. The number of rotatable bonds is 3. The summed E-state index contributed by atoms with van der Waals surface area (Å²) in [6.45, 7) is 6.23. The summed E-state index contributed by atoms with van der Waals surface area (Å²) in [4.78, 5) is 8.84. The van der Waals surface area contributed by atoms with Crippen LogP contribution < -0.4 is 10.5 Å². The van der Waals surface area contributed by atoms with Gasteiger partial charge >= 0.3 is 6.01 Å². The van der Waals surface area contributed by atoms with E-state index in [1.165, 1.54) is 0 Å². The lowest BCUT2D eigenvalue weighted by molar-refractivity contribution is 0.131. The number of ether oxygens (including phenoxy) is 1. The van der Waals surface area contributed by atoms with E-state index in [0.717, 1.165) is 37.1 Å². The summed E-state index contributed by atoms with van der Waals surface area (Å²) in [6.07, 6.45) is 4.38. The van der Waals surface area contributed by atoms with Gasteiger partial charge in [0.2, 0.25) is 0 Å². The van der Waals surface area contributed by atoms with E-state index in [2.05, 4.69) is 23.8 Å². The van der Waals surface area contributed by atoms with Crippen LogP contribution in [0.15, 0.2) is 6.07 Å². The van der Waals surface area contributed by atoms with Gasteiger partial charge in [-0.3, -0.25) is 0 Å². The van der Waals surface area contributed by atoms with Crippen molar-refractivity contribution >= 4 is 0 Å². The molecule has 0 aromatic carbocycles. The Balaban J connectivity index is 2.08. The molecule has 1 heterocycles. The van der Waals surface area contributed by atoms with E-state index < -0.39 is 0 Å². The van der Waals surface area contributed by atoms with Gasteiger partial charge in [0.1, 0.15) is 6.10 Å². The molecule has 1 saturated carbocycles. The van der Waals surface area contributed by atoms with Crippen molar-refractivity contribution in [1.29, 1.82) is 0 Å². The lowest BCUT2D eigenvalue weighted by atomic mass is 9.94. The molecule has 1 aromatic heterocycles. The molecule has 0 spiro atoms. The second-order valence-electron chi connectivity index (χ2n) is 5.54. The number of aryl methyl sites for hydroxylation is 1. The molecule has 1 aromatic rings. The SMILES string of the molecule is Cc1cc(C(C)C)nc(OC2CCCC(N)C2)n1. The highest BCUT2D eigenvalue weighted by atomic mass is 16.5. The van der Waals surface area contributed by atoms with Crippen LogP contribution in [0.3, 0.4) is 0 Å². The van der Waals surface area contributed by atoms with Crippen LogP contribution in [0.25, 0.3) is 0 Å². The first kappa shape index (κ1) is 13.3.